The Kier molecular flexibility index (Phi) is 10.6. The second-order valence-electron chi connectivity index (χ2n) is 12.3. The molecule has 0 aromatic heterocycles. The van der Waals surface area contributed by atoms with Crippen molar-refractivity contribution in [2.24, 2.45) is 17.8 Å². The van der Waals surface area contributed by atoms with Gasteiger partial charge in [0, 0.05) is 0 Å². The lowest BCUT2D eigenvalue weighted by molar-refractivity contribution is 0.0513. The second kappa shape index (κ2) is 12.5. The Balaban J connectivity index is 1.75. The first-order valence-corrected chi connectivity index (χ1v) is 13.8. The van der Waals surface area contributed by atoms with Crippen LogP contribution in [0.5, 0.6) is 5.75 Å². The van der Waals surface area contributed by atoms with Gasteiger partial charge in [0.25, 0.3) is 0 Å². The first kappa shape index (κ1) is 27.3. The minimum atomic E-state index is 0.00813. The highest BCUT2D eigenvalue weighted by Crippen LogP contribution is 2.42. The third-order valence-corrected chi connectivity index (χ3v) is 8.04. The fourth-order valence-corrected chi connectivity index (χ4v) is 5.70. The normalized spacial score (nSPS) is 20.3. The van der Waals surface area contributed by atoms with Crippen molar-refractivity contribution < 1.29 is 4.74 Å². The molecule has 0 amide bonds. The van der Waals surface area contributed by atoms with Gasteiger partial charge in [0.05, 0.1) is 0 Å². The van der Waals surface area contributed by atoms with Gasteiger partial charge in [-0.2, -0.15) is 0 Å². The first-order chi connectivity index (χ1) is 15.0. The Morgan fingerprint density at radius 3 is 1.97 bits per heavy atom. The van der Waals surface area contributed by atoms with E-state index in [1.807, 2.05) is 0 Å². The molecule has 1 unspecified atom stereocenters. The van der Waals surface area contributed by atoms with Gasteiger partial charge in [-0.15, -0.1) is 0 Å². The minimum absolute atomic E-state index is 0.00813. The van der Waals surface area contributed by atoms with Crippen molar-refractivity contribution >= 4 is 0 Å². The third kappa shape index (κ3) is 8.11. The van der Waals surface area contributed by atoms with E-state index in [1.165, 1.54) is 92.2 Å². The largest absolute Gasteiger partial charge is 0.487 e. The average molecular weight is 443 g/mol. The van der Waals surface area contributed by atoms with Gasteiger partial charge in [0.1, 0.15) is 11.4 Å². The standard InChI is InChI=1S/C31H54O/c1-22(2)13-10-14-24(5)15-11-16-25(6)17-12-19-31(9)20-18-28-27(8)29(23(3)4)21-26(7)30(28)32-31/h21-25H,10-20H2,1-9H3/t24-,25-,31?/m1/s1. The third-order valence-electron chi connectivity index (χ3n) is 8.04. The average Bonchev–Trinajstić information content (AvgIpc) is 2.70. The molecule has 2 rings (SSSR count). The van der Waals surface area contributed by atoms with Gasteiger partial charge >= 0.3 is 0 Å². The molecular weight excluding hydrogens is 388 g/mol. The van der Waals surface area contributed by atoms with E-state index < -0.39 is 0 Å². The highest BCUT2D eigenvalue weighted by Gasteiger charge is 2.33. The molecule has 0 aliphatic carbocycles. The van der Waals surface area contributed by atoms with Crippen molar-refractivity contribution in [3.8, 4) is 5.75 Å². The number of fused-ring (bicyclic) bond motifs is 1. The lowest BCUT2D eigenvalue weighted by Gasteiger charge is -2.38. The number of benzene rings is 1. The van der Waals surface area contributed by atoms with E-state index in [0.717, 1.165) is 24.2 Å². The van der Waals surface area contributed by atoms with E-state index in [9.17, 15) is 0 Å². The van der Waals surface area contributed by atoms with Crippen LogP contribution in [0.1, 0.15) is 141 Å². The summed E-state index contributed by atoms with van der Waals surface area (Å²) in [6, 6.07) is 2.37. The van der Waals surface area contributed by atoms with Crippen molar-refractivity contribution in [1.29, 1.82) is 0 Å². The summed E-state index contributed by atoms with van der Waals surface area (Å²) in [7, 11) is 0. The van der Waals surface area contributed by atoms with Crippen molar-refractivity contribution in [3.05, 3.63) is 28.3 Å². The van der Waals surface area contributed by atoms with Crippen molar-refractivity contribution in [2.75, 3.05) is 0 Å². The van der Waals surface area contributed by atoms with E-state index >= 15 is 0 Å². The summed E-state index contributed by atoms with van der Waals surface area (Å²) in [5, 5.41) is 0. The van der Waals surface area contributed by atoms with Crippen molar-refractivity contribution in [2.45, 2.75) is 144 Å². The Morgan fingerprint density at radius 2 is 1.41 bits per heavy atom. The van der Waals surface area contributed by atoms with Crippen LogP contribution in [-0.4, -0.2) is 5.60 Å². The van der Waals surface area contributed by atoms with E-state index in [1.54, 1.807) is 0 Å². The smallest absolute Gasteiger partial charge is 0.126 e. The van der Waals surface area contributed by atoms with Gasteiger partial charge in [-0.1, -0.05) is 92.6 Å². The highest BCUT2D eigenvalue weighted by molar-refractivity contribution is 5.52. The molecule has 1 aromatic rings. The highest BCUT2D eigenvalue weighted by atomic mass is 16.5. The minimum Gasteiger partial charge on any atom is -0.487 e. The van der Waals surface area contributed by atoms with Crippen LogP contribution in [0.2, 0.25) is 0 Å². The molecule has 1 aromatic carbocycles. The zero-order valence-electron chi connectivity index (χ0n) is 23.1. The first-order valence-electron chi connectivity index (χ1n) is 13.8. The van der Waals surface area contributed by atoms with Crippen LogP contribution in [0.25, 0.3) is 0 Å². The summed E-state index contributed by atoms with van der Waals surface area (Å²) < 4.78 is 6.71. The molecule has 1 heterocycles. The molecular formula is C31H54O. The quantitative estimate of drug-likeness (QED) is 0.295. The summed E-state index contributed by atoms with van der Waals surface area (Å²) in [6.07, 6.45) is 14.6. The Morgan fingerprint density at radius 1 is 0.844 bits per heavy atom. The molecule has 0 spiro atoms. The van der Waals surface area contributed by atoms with Crippen molar-refractivity contribution in [3.63, 3.8) is 0 Å². The summed E-state index contributed by atoms with van der Waals surface area (Å²) >= 11 is 0. The number of ether oxygens (including phenoxy) is 1. The van der Waals surface area contributed by atoms with Gasteiger partial charge in [0.15, 0.2) is 0 Å². The summed E-state index contributed by atoms with van der Waals surface area (Å²) in [5.74, 6) is 4.38. The van der Waals surface area contributed by atoms with Crippen molar-refractivity contribution in [1.82, 2.24) is 0 Å². The van der Waals surface area contributed by atoms with E-state index in [0.29, 0.717) is 5.92 Å². The molecule has 1 aliphatic heterocycles. The van der Waals surface area contributed by atoms with Gasteiger partial charge in [-0.25, -0.2) is 0 Å². The predicted octanol–water partition coefficient (Wildman–Crippen LogP) is 9.95. The molecule has 32 heavy (non-hydrogen) atoms. The molecule has 0 bridgehead atoms. The van der Waals surface area contributed by atoms with Crippen LogP contribution in [0.4, 0.5) is 0 Å². The number of hydrogen-bond donors (Lipinski definition) is 0. The van der Waals surface area contributed by atoms with Gasteiger partial charge in [-0.3, -0.25) is 0 Å². The summed E-state index contributed by atoms with van der Waals surface area (Å²) in [4.78, 5) is 0. The molecule has 184 valence electrons. The van der Waals surface area contributed by atoms with Crippen LogP contribution < -0.4 is 4.74 Å². The Labute approximate surface area is 201 Å². The lowest BCUT2D eigenvalue weighted by Crippen LogP contribution is -2.37. The Bertz CT molecular complexity index is 701. The molecule has 0 saturated heterocycles. The lowest BCUT2D eigenvalue weighted by atomic mass is 9.82. The van der Waals surface area contributed by atoms with E-state index in [2.05, 4.69) is 68.4 Å². The van der Waals surface area contributed by atoms with E-state index in [-0.39, 0.29) is 5.60 Å². The maximum absolute atomic E-state index is 6.71. The molecule has 1 aliphatic rings. The zero-order valence-corrected chi connectivity index (χ0v) is 23.1. The molecule has 0 fully saturated rings. The van der Waals surface area contributed by atoms with Crippen LogP contribution >= 0.6 is 0 Å². The van der Waals surface area contributed by atoms with Gasteiger partial charge in [-0.05, 0) is 92.4 Å². The monoisotopic (exact) mass is 442 g/mol. The number of aryl methyl sites for hydroxylation is 1. The SMILES string of the molecule is Cc1cc(C(C)C)c(C)c2c1OC(C)(CCC[C@H](C)CCC[C@H](C)CCCC(C)C)CC2. The molecule has 0 radical (unpaired) electrons. The Hall–Kier alpha value is -0.980. The predicted molar refractivity (Wildman–Crippen MR) is 142 cm³/mol. The second-order valence-corrected chi connectivity index (χ2v) is 12.3. The molecule has 1 nitrogen and oxygen atoms in total. The summed E-state index contributed by atoms with van der Waals surface area (Å²) in [5.41, 5.74) is 5.78. The number of rotatable bonds is 13. The van der Waals surface area contributed by atoms with E-state index in [4.69, 9.17) is 4.74 Å². The molecule has 1 heteroatoms. The molecule has 0 N–H and O–H groups in total. The van der Waals surface area contributed by atoms with Crippen LogP contribution in [-0.2, 0) is 6.42 Å². The maximum atomic E-state index is 6.71. The topological polar surface area (TPSA) is 9.23 Å². The van der Waals surface area contributed by atoms with Crippen LogP contribution in [0, 0.1) is 31.6 Å². The maximum Gasteiger partial charge on any atom is 0.126 e. The van der Waals surface area contributed by atoms with Crippen LogP contribution in [0.3, 0.4) is 0 Å². The fraction of sp³-hybridized carbons (Fsp3) is 0.806. The number of hydrogen-bond acceptors (Lipinski definition) is 1. The van der Waals surface area contributed by atoms with Crippen LogP contribution in [0.15, 0.2) is 6.07 Å². The zero-order chi connectivity index (χ0) is 23.9. The fourth-order valence-electron chi connectivity index (χ4n) is 5.70. The molecule has 3 atom stereocenters. The van der Waals surface area contributed by atoms with Gasteiger partial charge in [0.2, 0.25) is 0 Å². The summed E-state index contributed by atoms with van der Waals surface area (Å²) in [6.45, 7) is 21.1. The van der Waals surface area contributed by atoms with Gasteiger partial charge < -0.3 is 4.74 Å². The molecule has 0 saturated carbocycles.